The Morgan fingerprint density at radius 1 is 1.57 bits per heavy atom. The summed E-state index contributed by atoms with van der Waals surface area (Å²) in [6.45, 7) is -0.269. The number of hydrogen-bond acceptors (Lipinski definition) is 2. The normalized spacial score (nSPS) is 7.00. The molecule has 3 nitrogen and oxygen atoms in total. The van der Waals surface area contributed by atoms with Crippen LogP contribution in [0.5, 0.6) is 0 Å². The fraction of sp³-hybridized carbons (Fsp3) is 0.667. The van der Waals surface area contributed by atoms with Crippen molar-refractivity contribution in [3.63, 3.8) is 0 Å². The number of carbonyl (C=O) groups is 1. The molecule has 0 saturated heterocycles. The molecule has 40 valence electrons. The summed E-state index contributed by atoms with van der Waals surface area (Å²) in [4.78, 5) is 9.44. The van der Waals surface area contributed by atoms with Gasteiger partial charge in [0.15, 0.2) is 0 Å². The van der Waals surface area contributed by atoms with E-state index in [0.29, 0.717) is 0 Å². The fourth-order valence-corrected chi connectivity index (χ4v) is 0.0956. The zero-order valence-electron chi connectivity index (χ0n) is 3.22. The van der Waals surface area contributed by atoms with Crippen LogP contribution in [-0.2, 0) is 4.79 Å². The molecule has 0 radical (unpaired) electrons. The van der Waals surface area contributed by atoms with Crippen molar-refractivity contribution in [3.8, 4) is 0 Å². The average molecular weight is 132 g/mol. The van der Waals surface area contributed by atoms with E-state index in [1.807, 2.05) is 0 Å². The molecule has 0 saturated carbocycles. The van der Waals surface area contributed by atoms with Crippen LogP contribution in [-0.4, -0.2) is 60.5 Å². The van der Waals surface area contributed by atoms with Crippen molar-refractivity contribution in [2.75, 3.05) is 6.61 Å². The molecule has 0 atom stereocenters. The number of rotatable bonds is 2. The van der Waals surface area contributed by atoms with Crippen molar-refractivity contribution < 1.29 is 15.0 Å². The number of aliphatic hydroxyl groups is 1. The summed E-state index contributed by atoms with van der Waals surface area (Å²) in [7, 11) is 0. The molecule has 0 aromatic carbocycles. The van der Waals surface area contributed by atoms with Gasteiger partial charge in [0.25, 0.3) is 0 Å². The predicted octanol–water partition coefficient (Wildman–Crippen LogP) is -1.46. The minimum atomic E-state index is -0.961. The van der Waals surface area contributed by atoms with Crippen LogP contribution >= 0.6 is 0 Å². The molecular formula is C3H8CaO3. The van der Waals surface area contributed by atoms with Gasteiger partial charge in [-0.2, -0.15) is 0 Å². The third kappa shape index (κ3) is 10.8. The maximum atomic E-state index is 9.44. The molecule has 0 aliphatic carbocycles. The maximum absolute atomic E-state index is 9.44. The molecule has 0 spiro atoms. The summed E-state index contributed by atoms with van der Waals surface area (Å²) in [6.07, 6.45) is -0.153. The standard InChI is InChI=1S/C3H6O3.Ca.2H/c4-2-1-3(5)6;;;/h4H,1-2H2,(H,5,6);;;. The molecule has 0 aliphatic heterocycles. The third-order valence-corrected chi connectivity index (χ3v) is 0.326. The van der Waals surface area contributed by atoms with E-state index in [1.54, 1.807) is 0 Å². The first-order chi connectivity index (χ1) is 2.77. The van der Waals surface area contributed by atoms with E-state index in [0.717, 1.165) is 0 Å². The van der Waals surface area contributed by atoms with Crippen LogP contribution in [0, 0.1) is 0 Å². The topological polar surface area (TPSA) is 57.5 Å². The molecule has 0 aromatic heterocycles. The van der Waals surface area contributed by atoms with Crippen molar-refractivity contribution in [1.82, 2.24) is 0 Å². The van der Waals surface area contributed by atoms with Gasteiger partial charge in [0.2, 0.25) is 0 Å². The number of aliphatic carboxylic acids is 1. The number of carboxylic acid groups (broad SMARTS) is 1. The van der Waals surface area contributed by atoms with Crippen LogP contribution < -0.4 is 0 Å². The summed E-state index contributed by atoms with van der Waals surface area (Å²) < 4.78 is 0. The summed E-state index contributed by atoms with van der Waals surface area (Å²) in [5, 5.41) is 15.6. The van der Waals surface area contributed by atoms with Crippen molar-refractivity contribution >= 4 is 43.7 Å². The van der Waals surface area contributed by atoms with Crippen LogP contribution in [0.1, 0.15) is 6.42 Å². The van der Waals surface area contributed by atoms with Crippen molar-refractivity contribution in [3.05, 3.63) is 0 Å². The van der Waals surface area contributed by atoms with Crippen LogP contribution in [0.4, 0.5) is 0 Å². The molecule has 2 N–H and O–H groups in total. The minimum absolute atomic E-state index is 0. The van der Waals surface area contributed by atoms with E-state index in [9.17, 15) is 4.79 Å². The fourth-order valence-electron chi connectivity index (χ4n) is 0.0956. The number of aliphatic hydroxyl groups excluding tert-OH is 1. The summed E-state index contributed by atoms with van der Waals surface area (Å²) in [5.41, 5.74) is 0. The van der Waals surface area contributed by atoms with Gasteiger partial charge in [-0.3, -0.25) is 4.79 Å². The van der Waals surface area contributed by atoms with Gasteiger partial charge in [0.05, 0.1) is 13.0 Å². The SMILES string of the molecule is O=C(O)CCO.[CaH2]. The van der Waals surface area contributed by atoms with Crippen LogP contribution in [0.3, 0.4) is 0 Å². The van der Waals surface area contributed by atoms with E-state index in [4.69, 9.17) is 10.2 Å². The molecule has 0 heterocycles. The van der Waals surface area contributed by atoms with Gasteiger partial charge in [0.1, 0.15) is 0 Å². The third-order valence-electron chi connectivity index (χ3n) is 0.326. The first-order valence-electron chi connectivity index (χ1n) is 1.60. The number of hydrogen-bond donors (Lipinski definition) is 2. The molecule has 0 rings (SSSR count). The summed E-state index contributed by atoms with van der Waals surface area (Å²) in [5.74, 6) is -0.961. The van der Waals surface area contributed by atoms with Crippen molar-refractivity contribution in [1.29, 1.82) is 0 Å². The average Bonchev–Trinajstić information content (AvgIpc) is 1.35. The predicted molar refractivity (Wildman–Crippen MR) is 27.9 cm³/mol. The Bertz CT molecular complexity index is 54.1. The van der Waals surface area contributed by atoms with Gasteiger partial charge in [-0.05, 0) is 0 Å². The van der Waals surface area contributed by atoms with Gasteiger partial charge < -0.3 is 10.2 Å². The second-order valence-electron chi connectivity index (χ2n) is 0.867. The molecule has 4 heteroatoms. The Kier molecular flexibility index (Phi) is 10.2. The zero-order chi connectivity index (χ0) is 4.99. The van der Waals surface area contributed by atoms with E-state index in [-0.39, 0.29) is 50.8 Å². The van der Waals surface area contributed by atoms with Gasteiger partial charge in [0, 0.05) is 0 Å². The Hall–Kier alpha value is 0.690. The zero-order valence-corrected chi connectivity index (χ0v) is 3.22. The summed E-state index contributed by atoms with van der Waals surface area (Å²) >= 11 is 0. The Morgan fingerprint density at radius 2 is 2.00 bits per heavy atom. The molecule has 0 unspecified atom stereocenters. The van der Waals surface area contributed by atoms with Gasteiger partial charge in [-0.15, -0.1) is 0 Å². The molecule has 0 bridgehead atoms. The molecular weight excluding hydrogens is 124 g/mol. The van der Waals surface area contributed by atoms with Gasteiger partial charge in [-0.25, -0.2) is 0 Å². The Balaban J connectivity index is 0. The van der Waals surface area contributed by atoms with Crippen LogP contribution in [0.2, 0.25) is 0 Å². The Morgan fingerprint density at radius 3 is 2.00 bits per heavy atom. The van der Waals surface area contributed by atoms with E-state index in [2.05, 4.69) is 0 Å². The second kappa shape index (κ2) is 6.69. The molecule has 0 amide bonds. The quantitative estimate of drug-likeness (QED) is 0.451. The Labute approximate surface area is 71.3 Å². The van der Waals surface area contributed by atoms with E-state index in [1.165, 1.54) is 0 Å². The molecule has 0 aliphatic rings. The monoisotopic (exact) mass is 132 g/mol. The number of carboxylic acids is 1. The molecule has 0 fully saturated rings. The van der Waals surface area contributed by atoms with Gasteiger partial charge in [-0.1, -0.05) is 0 Å². The second-order valence-corrected chi connectivity index (χ2v) is 0.867. The molecule has 0 aromatic rings. The van der Waals surface area contributed by atoms with Gasteiger partial charge >= 0.3 is 43.7 Å². The van der Waals surface area contributed by atoms with Crippen LogP contribution in [0.15, 0.2) is 0 Å². The van der Waals surface area contributed by atoms with Crippen LogP contribution in [0.25, 0.3) is 0 Å². The summed E-state index contributed by atoms with van der Waals surface area (Å²) in [6, 6.07) is 0. The first kappa shape index (κ1) is 10.6. The van der Waals surface area contributed by atoms with Crippen molar-refractivity contribution in [2.45, 2.75) is 6.42 Å². The van der Waals surface area contributed by atoms with Crippen molar-refractivity contribution in [2.24, 2.45) is 0 Å². The van der Waals surface area contributed by atoms with E-state index >= 15 is 0 Å². The van der Waals surface area contributed by atoms with E-state index < -0.39 is 5.97 Å². The first-order valence-corrected chi connectivity index (χ1v) is 1.60. The molecule has 7 heavy (non-hydrogen) atoms.